The average molecular weight is 269 g/mol. The summed E-state index contributed by atoms with van der Waals surface area (Å²) in [6.07, 6.45) is 0.935. The Labute approximate surface area is 121 Å². The molecule has 0 aliphatic rings. The molecular formula is C18H23NO. The van der Waals surface area contributed by atoms with E-state index in [1.165, 1.54) is 11.1 Å². The highest BCUT2D eigenvalue weighted by atomic mass is 16.5. The molecular weight excluding hydrogens is 246 g/mol. The number of nitrogens with one attached hydrogen (secondary N) is 1. The highest BCUT2D eigenvalue weighted by Gasteiger charge is 2.09. The van der Waals surface area contributed by atoms with Crippen LogP contribution in [0, 0.1) is 0 Å². The SMILES string of the molecule is CCNC(C)c1ccccc1OCCc1ccccc1. The van der Waals surface area contributed by atoms with E-state index in [0.717, 1.165) is 18.7 Å². The minimum Gasteiger partial charge on any atom is -0.493 e. The van der Waals surface area contributed by atoms with E-state index < -0.39 is 0 Å². The zero-order valence-electron chi connectivity index (χ0n) is 12.3. The van der Waals surface area contributed by atoms with Crippen LogP contribution < -0.4 is 10.1 Å². The van der Waals surface area contributed by atoms with Crippen LogP contribution in [0.3, 0.4) is 0 Å². The quantitative estimate of drug-likeness (QED) is 0.821. The Morgan fingerprint density at radius 2 is 1.70 bits per heavy atom. The van der Waals surface area contributed by atoms with E-state index in [2.05, 4.69) is 55.6 Å². The van der Waals surface area contributed by atoms with Gasteiger partial charge in [0.05, 0.1) is 6.61 Å². The maximum atomic E-state index is 5.97. The van der Waals surface area contributed by atoms with Crippen molar-refractivity contribution in [2.24, 2.45) is 0 Å². The molecule has 106 valence electrons. The van der Waals surface area contributed by atoms with Gasteiger partial charge in [0.25, 0.3) is 0 Å². The highest BCUT2D eigenvalue weighted by molar-refractivity contribution is 5.35. The van der Waals surface area contributed by atoms with Crippen LogP contribution in [0.1, 0.15) is 31.0 Å². The van der Waals surface area contributed by atoms with Gasteiger partial charge in [-0.05, 0) is 25.1 Å². The molecule has 1 unspecified atom stereocenters. The molecule has 0 saturated carbocycles. The van der Waals surface area contributed by atoms with Gasteiger partial charge in [-0.1, -0.05) is 55.5 Å². The number of hydrogen-bond donors (Lipinski definition) is 1. The van der Waals surface area contributed by atoms with Crippen molar-refractivity contribution in [1.29, 1.82) is 0 Å². The predicted octanol–water partition coefficient (Wildman–Crippen LogP) is 3.98. The van der Waals surface area contributed by atoms with Crippen molar-refractivity contribution in [2.45, 2.75) is 26.3 Å². The van der Waals surface area contributed by atoms with Crippen LogP contribution >= 0.6 is 0 Å². The van der Waals surface area contributed by atoms with Gasteiger partial charge in [0.1, 0.15) is 5.75 Å². The molecule has 2 aromatic rings. The molecule has 1 atom stereocenters. The van der Waals surface area contributed by atoms with Crippen molar-refractivity contribution in [2.75, 3.05) is 13.2 Å². The Bertz CT molecular complexity index is 510. The molecule has 2 heteroatoms. The smallest absolute Gasteiger partial charge is 0.124 e. The standard InChI is InChI=1S/C18H23NO/c1-3-19-15(2)17-11-7-8-12-18(17)20-14-13-16-9-5-4-6-10-16/h4-12,15,19H,3,13-14H2,1-2H3. The van der Waals surface area contributed by atoms with Crippen molar-refractivity contribution in [3.05, 3.63) is 65.7 Å². The summed E-state index contributed by atoms with van der Waals surface area (Å²) in [5.41, 5.74) is 2.53. The lowest BCUT2D eigenvalue weighted by molar-refractivity contribution is 0.315. The van der Waals surface area contributed by atoms with E-state index in [1.807, 2.05) is 18.2 Å². The summed E-state index contributed by atoms with van der Waals surface area (Å²) in [6, 6.07) is 19.0. The molecule has 0 aliphatic carbocycles. The molecule has 1 N–H and O–H groups in total. The van der Waals surface area contributed by atoms with Gasteiger partial charge in [-0.3, -0.25) is 0 Å². The summed E-state index contributed by atoms with van der Waals surface area (Å²) in [5.74, 6) is 0.983. The second-order valence-corrected chi connectivity index (χ2v) is 4.90. The highest BCUT2D eigenvalue weighted by Crippen LogP contribution is 2.24. The minimum absolute atomic E-state index is 0.313. The second-order valence-electron chi connectivity index (χ2n) is 4.90. The first kappa shape index (κ1) is 14.6. The van der Waals surface area contributed by atoms with Gasteiger partial charge in [-0.2, -0.15) is 0 Å². The average Bonchev–Trinajstić information content (AvgIpc) is 2.49. The van der Waals surface area contributed by atoms with E-state index in [1.54, 1.807) is 0 Å². The van der Waals surface area contributed by atoms with E-state index in [-0.39, 0.29) is 0 Å². The molecule has 0 aliphatic heterocycles. The minimum atomic E-state index is 0.313. The maximum Gasteiger partial charge on any atom is 0.124 e. The van der Waals surface area contributed by atoms with E-state index >= 15 is 0 Å². The Kier molecular flexibility index (Phi) is 5.63. The van der Waals surface area contributed by atoms with Crippen molar-refractivity contribution >= 4 is 0 Å². The van der Waals surface area contributed by atoms with Gasteiger partial charge in [-0.15, -0.1) is 0 Å². The van der Waals surface area contributed by atoms with E-state index in [4.69, 9.17) is 4.74 Å². The van der Waals surface area contributed by atoms with Crippen LogP contribution in [0.4, 0.5) is 0 Å². The molecule has 0 heterocycles. The van der Waals surface area contributed by atoms with Gasteiger partial charge < -0.3 is 10.1 Å². The van der Waals surface area contributed by atoms with Gasteiger partial charge >= 0.3 is 0 Å². The first-order valence-electron chi connectivity index (χ1n) is 7.30. The fourth-order valence-electron chi connectivity index (χ4n) is 2.31. The molecule has 0 amide bonds. The van der Waals surface area contributed by atoms with Crippen molar-refractivity contribution in [3.8, 4) is 5.75 Å². The lowest BCUT2D eigenvalue weighted by Gasteiger charge is -2.17. The number of hydrogen-bond acceptors (Lipinski definition) is 2. The summed E-state index contributed by atoms with van der Waals surface area (Å²) in [6.45, 7) is 5.96. The van der Waals surface area contributed by atoms with Crippen molar-refractivity contribution in [3.63, 3.8) is 0 Å². The summed E-state index contributed by atoms with van der Waals surface area (Å²) in [5, 5.41) is 3.43. The fraction of sp³-hybridized carbons (Fsp3) is 0.333. The number of rotatable bonds is 7. The van der Waals surface area contributed by atoms with Crippen molar-refractivity contribution in [1.82, 2.24) is 5.32 Å². The third-order valence-electron chi connectivity index (χ3n) is 3.39. The molecule has 0 bridgehead atoms. The largest absolute Gasteiger partial charge is 0.493 e. The molecule has 2 rings (SSSR count). The van der Waals surface area contributed by atoms with Crippen LogP contribution in [0.5, 0.6) is 5.75 Å². The van der Waals surface area contributed by atoms with Gasteiger partial charge in [0.15, 0.2) is 0 Å². The van der Waals surface area contributed by atoms with E-state index in [0.29, 0.717) is 12.6 Å². The van der Waals surface area contributed by atoms with Gasteiger partial charge in [0, 0.05) is 18.0 Å². The van der Waals surface area contributed by atoms with Crippen molar-refractivity contribution < 1.29 is 4.74 Å². The maximum absolute atomic E-state index is 5.97. The first-order chi connectivity index (χ1) is 9.81. The van der Waals surface area contributed by atoms with Crippen LogP contribution in [-0.2, 0) is 6.42 Å². The number of ether oxygens (including phenoxy) is 1. The zero-order chi connectivity index (χ0) is 14.2. The summed E-state index contributed by atoms with van der Waals surface area (Å²) in [4.78, 5) is 0. The summed E-state index contributed by atoms with van der Waals surface area (Å²) >= 11 is 0. The Hall–Kier alpha value is -1.80. The summed E-state index contributed by atoms with van der Waals surface area (Å²) < 4.78 is 5.97. The fourth-order valence-corrected chi connectivity index (χ4v) is 2.31. The number of para-hydroxylation sites is 1. The van der Waals surface area contributed by atoms with Gasteiger partial charge in [0.2, 0.25) is 0 Å². The molecule has 20 heavy (non-hydrogen) atoms. The van der Waals surface area contributed by atoms with E-state index in [9.17, 15) is 0 Å². The third kappa shape index (κ3) is 4.10. The Morgan fingerprint density at radius 3 is 2.45 bits per heavy atom. The Balaban J connectivity index is 1.95. The predicted molar refractivity (Wildman–Crippen MR) is 84.2 cm³/mol. The topological polar surface area (TPSA) is 21.3 Å². The van der Waals surface area contributed by atoms with Crippen LogP contribution in [0.2, 0.25) is 0 Å². The zero-order valence-corrected chi connectivity index (χ0v) is 12.3. The molecule has 0 radical (unpaired) electrons. The molecule has 0 saturated heterocycles. The summed E-state index contributed by atoms with van der Waals surface area (Å²) in [7, 11) is 0. The molecule has 2 aromatic carbocycles. The van der Waals surface area contributed by atoms with Crippen LogP contribution in [0.25, 0.3) is 0 Å². The van der Waals surface area contributed by atoms with Gasteiger partial charge in [-0.25, -0.2) is 0 Å². The molecule has 0 aromatic heterocycles. The van der Waals surface area contributed by atoms with Crippen LogP contribution in [0.15, 0.2) is 54.6 Å². The first-order valence-corrected chi connectivity index (χ1v) is 7.30. The molecule has 0 spiro atoms. The molecule has 2 nitrogen and oxygen atoms in total. The molecule has 0 fully saturated rings. The number of benzene rings is 2. The Morgan fingerprint density at radius 1 is 1.00 bits per heavy atom. The monoisotopic (exact) mass is 269 g/mol. The second kappa shape index (κ2) is 7.71. The normalized spacial score (nSPS) is 12.1. The lowest BCUT2D eigenvalue weighted by Crippen LogP contribution is -2.18. The third-order valence-corrected chi connectivity index (χ3v) is 3.39. The van der Waals surface area contributed by atoms with Crippen LogP contribution in [-0.4, -0.2) is 13.2 Å². The lowest BCUT2D eigenvalue weighted by atomic mass is 10.1.